The normalized spacial score (nSPS) is 20.2. The van der Waals surface area contributed by atoms with Crippen LogP contribution >= 0.6 is 0 Å². The van der Waals surface area contributed by atoms with Crippen LogP contribution in [0.4, 0.5) is 4.79 Å². The summed E-state index contributed by atoms with van der Waals surface area (Å²) in [7, 11) is 0. The van der Waals surface area contributed by atoms with Gasteiger partial charge in [0.15, 0.2) is 6.29 Å². The molecular formula is C12H22NO3+. The highest BCUT2D eigenvalue weighted by molar-refractivity contribution is 5.63. The highest BCUT2D eigenvalue weighted by Crippen LogP contribution is 2.22. The van der Waals surface area contributed by atoms with Crippen molar-refractivity contribution in [3.63, 3.8) is 0 Å². The third kappa shape index (κ3) is 3.30. The molecule has 1 rings (SSSR count). The second-order valence-corrected chi connectivity index (χ2v) is 5.48. The summed E-state index contributed by atoms with van der Waals surface area (Å²) in [6.45, 7) is 7.26. The number of aldehydes is 1. The lowest BCUT2D eigenvalue weighted by atomic mass is 10.1. The SMILES string of the molecule is CC(C)(C)OC(=O)[N+]1(CC=O)CCCCC1. The van der Waals surface area contributed by atoms with E-state index in [1.165, 1.54) is 0 Å². The van der Waals surface area contributed by atoms with Gasteiger partial charge in [-0.3, -0.25) is 4.79 Å². The van der Waals surface area contributed by atoms with Crippen molar-refractivity contribution in [3.8, 4) is 0 Å². The van der Waals surface area contributed by atoms with Crippen LogP contribution in [0.25, 0.3) is 0 Å². The molecule has 1 fully saturated rings. The molecule has 1 heterocycles. The van der Waals surface area contributed by atoms with Gasteiger partial charge in [0.2, 0.25) is 0 Å². The number of carbonyl (C=O) groups excluding carboxylic acids is 2. The second-order valence-electron chi connectivity index (χ2n) is 5.48. The standard InChI is InChI=1S/C12H22NO3/c1-12(2,3)16-11(15)13(9-10-14)7-5-4-6-8-13/h10H,4-9H2,1-3H3/q+1. The van der Waals surface area contributed by atoms with Crippen LogP contribution in [0, 0.1) is 0 Å². The number of ether oxygens (including phenoxy) is 1. The van der Waals surface area contributed by atoms with Crippen molar-refractivity contribution < 1.29 is 18.8 Å². The molecule has 4 heteroatoms. The lowest BCUT2D eigenvalue weighted by Crippen LogP contribution is -2.58. The molecule has 0 atom stereocenters. The number of rotatable bonds is 2. The Balaban J connectivity index is 2.75. The minimum atomic E-state index is -0.483. The van der Waals surface area contributed by atoms with E-state index >= 15 is 0 Å². The van der Waals surface area contributed by atoms with E-state index in [1.54, 1.807) is 0 Å². The summed E-state index contributed by atoms with van der Waals surface area (Å²) in [5.41, 5.74) is -0.483. The van der Waals surface area contributed by atoms with Crippen molar-refractivity contribution in [2.45, 2.75) is 45.6 Å². The number of amides is 1. The Bertz CT molecular complexity index is 262. The average molecular weight is 228 g/mol. The van der Waals surface area contributed by atoms with Crippen LogP contribution in [-0.4, -0.2) is 42.1 Å². The third-order valence-electron chi connectivity index (χ3n) is 2.88. The van der Waals surface area contributed by atoms with Gasteiger partial charge < -0.3 is 4.74 Å². The zero-order valence-corrected chi connectivity index (χ0v) is 10.5. The minimum absolute atomic E-state index is 0.181. The fourth-order valence-electron chi connectivity index (χ4n) is 2.06. The first-order valence-corrected chi connectivity index (χ1v) is 5.93. The van der Waals surface area contributed by atoms with E-state index in [-0.39, 0.29) is 17.1 Å². The lowest BCUT2D eigenvalue weighted by Gasteiger charge is -2.37. The van der Waals surface area contributed by atoms with E-state index in [2.05, 4.69) is 0 Å². The van der Waals surface area contributed by atoms with Crippen LogP contribution in [0.15, 0.2) is 0 Å². The molecule has 0 aromatic rings. The molecular weight excluding hydrogens is 206 g/mol. The summed E-state index contributed by atoms with van der Waals surface area (Å²) in [6, 6.07) is 0. The van der Waals surface area contributed by atoms with Crippen molar-refractivity contribution in [2.24, 2.45) is 0 Å². The summed E-state index contributed by atoms with van der Waals surface area (Å²) < 4.78 is 5.59. The Hall–Kier alpha value is -0.900. The van der Waals surface area contributed by atoms with E-state index in [4.69, 9.17) is 4.74 Å². The van der Waals surface area contributed by atoms with E-state index in [0.29, 0.717) is 0 Å². The van der Waals surface area contributed by atoms with E-state index < -0.39 is 5.60 Å². The number of likely N-dealkylation sites (tertiary alicyclic amines) is 1. The maximum Gasteiger partial charge on any atom is 0.516 e. The molecule has 0 aromatic heterocycles. The molecule has 0 aromatic carbocycles. The number of carbonyl (C=O) groups is 2. The van der Waals surface area contributed by atoms with Gasteiger partial charge >= 0.3 is 6.09 Å². The van der Waals surface area contributed by atoms with Crippen LogP contribution in [0.1, 0.15) is 40.0 Å². The van der Waals surface area contributed by atoms with Crippen molar-refractivity contribution in [2.75, 3.05) is 19.6 Å². The van der Waals surface area contributed by atoms with E-state index in [1.807, 2.05) is 20.8 Å². The summed E-state index contributed by atoms with van der Waals surface area (Å²) in [5.74, 6) is 0. The van der Waals surface area contributed by atoms with Gasteiger partial charge in [-0.15, -0.1) is 0 Å². The predicted octanol–water partition coefficient (Wildman–Crippen LogP) is 2.12. The average Bonchev–Trinajstić information content (AvgIpc) is 2.17. The van der Waals surface area contributed by atoms with E-state index in [9.17, 15) is 9.59 Å². The predicted molar refractivity (Wildman–Crippen MR) is 61.0 cm³/mol. The summed E-state index contributed by atoms with van der Waals surface area (Å²) in [4.78, 5) is 22.8. The molecule has 0 saturated carbocycles. The largest absolute Gasteiger partial charge is 0.516 e. The maximum atomic E-state index is 12.1. The maximum absolute atomic E-state index is 12.1. The smallest absolute Gasteiger partial charge is 0.414 e. The molecule has 0 bridgehead atoms. The van der Waals surface area contributed by atoms with Crippen molar-refractivity contribution in [3.05, 3.63) is 0 Å². The number of nitrogens with zero attached hydrogens (tertiary/aromatic N) is 1. The molecule has 0 aliphatic carbocycles. The number of hydrogen-bond acceptors (Lipinski definition) is 3. The Morgan fingerprint density at radius 2 is 1.81 bits per heavy atom. The zero-order chi connectivity index (χ0) is 12.2. The molecule has 92 valence electrons. The Morgan fingerprint density at radius 1 is 1.25 bits per heavy atom. The first-order chi connectivity index (χ1) is 7.40. The van der Waals surface area contributed by atoms with Crippen LogP contribution in [0.3, 0.4) is 0 Å². The Kier molecular flexibility index (Phi) is 4.08. The number of quaternary nitrogens is 1. The van der Waals surface area contributed by atoms with Crippen LogP contribution in [0.2, 0.25) is 0 Å². The molecule has 0 radical (unpaired) electrons. The number of hydrogen-bond donors (Lipinski definition) is 0. The molecule has 0 N–H and O–H groups in total. The second kappa shape index (κ2) is 4.95. The van der Waals surface area contributed by atoms with Crippen LogP contribution in [-0.2, 0) is 9.53 Å². The monoisotopic (exact) mass is 228 g/mol. The molecule has 0 unspecified atom stereocenters. The Morgan fingerprint density at radius 3 is 2.25 bits per heavy atom. The van der Waals surface area contributed by atoms with Gasteiger partial charge in [-0.05, 0) is 40.0 Å². The molecule has 1 aliphatic heterocycles. The van der Waals surface area contributed by atoms with Crippen molar-refractivity contribution >= 4 is 12.4 Å². The van der Waals surface area contributed by atoms with Crippen LogP contribution < -0.4 is 0 Å². The summed E-state index contributed by atoms with van der Waals surface area (Å²) in [5, 5.41) is 0. The van der Waals surface area contributed by atoms with E-state index in [0.717, 1.165) is 38.6 Å². The fourth-order valence-corrected chi connectivity index (χ4v) is 2.06. The summed E-state index contributed by atoms with van der Waals surface area (Å²) in [6.07, 6.45) is 3.70. The van der Waals surface area contributed by atoms with Gasteiger partial charge in [0.05, 0.1) is 13.1 Å². The van der Waals surface area contributed by atoms with Gasteiger partial charge in [-0.2, -0.15) is 4.79 Å². The fraction of sp³-hybridized carbons (Fsp3) is 0.833. The zero-order valence-electron chi connectivity index (χ0n) is 10.5. The highest BCUT2D eigenvalue weighted by Gasteiger charge is 2.41. The summed E-state index contributed by atoms with van der Waals surface area (Å²) >= 11 is 0. The van der Waals surface area contributed by atoms with Crippen molar-refractivity contribution in [1.29, 1.82) is 0 Å². The van der Waals surface area contributed by atoms with Gasteiger partial charge in [0.1, 0.15) is 12.1 Å². The molecule has 1 amide bonds. The molecule has 1 aliphatic rings. The molecule has 1 saturated heterocycles. The third-order valence-corrected chi connectivity index (χ3v) is 2.88. The Labute approximate surface area is 97.2 Å². The van der Waals surface area contributed by atoms with Crippen molar-refractivity contribution in [1.82, 2.24) is 0 Å². The molecule has 4 nitrogen and oxygen atoms in total. The molecule has 16 heavy (non-hydrogen) atoms. The first-order valence-electron chi connectivity index (χ1n) is 5.93. The number of piperidine rings is 1. The molecule has 0 spiro atoms. The first kappa shape index (κ1) is 13.2. The van der Waals surface area contributed by atoms with Gasteiger partial charge in [0.25, 0.3) is 0 Å². The minimum Gasteiger partial charge on any atom is -0.414 e. The van der Waals surface area contributed by atoms with Gasteiger partial charge in [0, 0.05) is 0 Å². The quantitative estimate of drug-likeness (QED) is 0.537. The van der Waals surface area contributed by atoms with Crippen LogP contribution in [0.5, 0.6) is 0 Å². The van der Waals surface area contributed by atoms with Gasteiger partial charge in [-0.25, -0.2) is 4.48 Å². The van der Waals surface area contributed by atoms with Gasteiger partial charge in [-0.1, -0.05) is 0 Å². The topological polar surface area (TPSA) is 43.4 Å². The highest BCUT2D eigenvalue weighted by atomic mass is 16.6. The lowest BCUT2D eigenvalue weighted by molar-refractivity contribution is -0.855.